The Labute approximate surface area is 101 Å². The molecule has 17 heavy (non-hydrogen) atoms. The van der Waals surface area contributed by atoms with Gasteiger partial charge in [-0.3, -0.25) is 4.79 Å². The lowest BCUT2D eigenvalue weighted by Crippen LogP contribution is -2.19. The average Bonchev–Trinajstić information content (AvgIpc) is 2.73. The van der Waals surface area contributed by atoms with Crippen LogP contribution >= 0.6 is 11.3 Å². The van der Waals surface area contributed by atoms with Gasteiger partial charge in [-0.1, -0.05) is 0 Å². The number of carbonyl (C=O) groups is 1. The van der Waals surface area contributed by atoms with Crippen LogP contribution in [0.25, 0.3) is 10.2 Å². The molecule has 0 saturated carbocycles. The van der Waals surface area contributed by atoms with Crippen LogP contribution in [-0.4, -0.2) is 16.1 Å². The van der Waals surface area contributed by atoms with Crippen molar-refractivity contribution in [3.8, 4) is 0 Å². The predicted molar refractivity (Wildman–Crippen MR) is 66.0 cm³/mol. The van der Waals surface area contributed by atoms with Crippen molar-refractivity contribution < 1.29 is 9.90 Å². The Morgan fingerprint density at radius 3 is 2.71 bits per heavy atom. The van der Waals surface area contributed by atoms with Crippen molar-refractivity contribution >= 4 is 27.5 Å². The molecular formula is C12H11NO3S. The van der Waals surface area contributed by atoms with Gasteiger partial charge < -0.3 is 10.1 Å². The van der Waals surface area contributed by atoms with Crippen LogP contribution in [0, 0.1) is 0 Å². The van der Waals surface area contributed by atoms with E-state index >= 15 is 0 Å². The number of aryl methyl sites for hydroxylation is 1. The smallest absolute Gasteiger partial charge is 0.338 e. The fourth-order valence-electron chi connectivity index (χ4n) is 2.46. The first-order valence-electron chi connectivity index (χ1n) is 5.57. The number of H-pyrrole nitrogens is 1. The third-order valence-corrected chi connectivity index (χ3v) is 4.32. The summed E-state index contributed by atoms with van der Waals surface area (Å²) in [6, 6.07) is 0. The summed E-state index contributed by atoms with van der Waals surface area (Å²) in [6.45, 7) is 0. The summed E-state index contributed by atoms with van der Waals surface area (Å²) in [7, 11) is 0. The molecule has 2 aromatic rings. The van der Waals surface area contributed by atoms with Gasteiger partial charge in [0.1, 0.15) is 0 Å². The van der Waals surface area contributed by atoms with Crippen LogP contribution in [0.2, 0.25) is 0 Å². The number of rotatable bonds is 1. The zero-order valence-electron chi connectivity index (χ0n) is 9.08. The molecule has 0 saturated heterocycles. The minimum atomic E-state index is -0.984. The molecule has 1 aliphatic carbocycles. The molecule has 0 unspecified atom stereocenters. The van der Waals surface area contributed by atoms with Crippen LogP contribution in [0.3, 0.4) is 0 Å². The van der Waals surface area contributed by atoms with E-state index in [0.29, 0.717) is 5.52 Å². The number of aromatic carboxylic acids is 1. The highest BCUT2D eigenvalue weighted by molar-refractivity contribution is 7.17. The van der Waals surface area contributed by atoms with Gasteiger partial charge in [0.25, 0.3) is 5.56 Å². The lowest BCUT2D eigenvalue weighted by atomic mass is 9.92. The molecule has 3 rings (SSSR count). The summed E-state index contributed by atoms with van der Waals surface area (Å²) in [5.74, 6) is -0.984. The second-order valence-electron chi connectivity index (χ2n) is 4.28. The summed E-state index contributed by atoms with van der Waals surface area (Å²) in [5.41, 5.74) is 2.49. The van der Waals surface area contributed by atoms with E-state index in [9.17, 15) is 9.59 Å². The lowest BCUT2D eigenvalue weighted by Gasteiger charge is -2.14. The van der Waals surface area contributed by atoms with E-state index < -0.39 is 5.97 Å². The van der Waals surface area contributed by atoms with Crippen LogP contribution in [0.5, 0.6) is 0 Å². The highest BCUT2D eigenvalue weighted by Gasteiger charge is 2.20. The molecule has 2 N–H and O–H groups in total. The Kier molecular flexibility index (Phi) is 2.29. The van der Waals surface area contributed by atoms with E-state index in [0.717, 1.165) is 41.5 Å². The Morgan fingerprint density at radius 2 is 2.00 bits per heavy atom. The Morgan fingerprint density at radius 1 is 1.29 bits per heavy atom. The van der Waals surface area contributed by atoms with Crippen LogP contribution < -0.4 is 5.56 Å². The normalized spacial score (nSPS) is 14.8. The van der Waals surface area contributed by atoms with Crippen molar-refractivity contribution in [2.75, 3.05) is 0 Å². The van der Waals surface area contributed by atoms with Crippen molar-refractivity contribution in [1.82, 2.24) is 4.98 Å². The van der Waals surface area contributed by atoms with Gasteiger partial charge in [-0.2, -0.15) is 0 Å². The number of carboxylic acid groups (broad SMARTS) is 1. The quantitative estimate of drug-likeness (QED) is 0.813. The van der Waals surface area contributed by atoms with E-state index in [1.54, 1.807) is 5.38 Å². The zero-order chi connectivity index (χ0) is 12.0. The molecule has 0 aromatic carbocycles. The second-order valence-corrected chi connectivity index (χ2v) is 5.16. The highest BCUT2D eigenvalue weighted by atomic mass is 32.1. The van der Waals surface area contributed by atoms with Gasteiger partial charge in [-0.25, -0.2) is 4.79 Å². The maximum absolute atomic E-state index is 11.9. The Bertz CT molecular complexity index is 668. The average molecular weight is 249 g/mol. The number of pyridine rings is 1. The molecule has 2 aromatic heterocycles. The van der Waals surface area contributed by atoms with Gasteiger partial charge in [0, 0.05) is 10.9 Å². The molecule has 1 aliphatic rings. The molecule has 4 nitrogen and oxygen atoms in total. The number of hydrogen-bond acceptors (Lipinski definition) is 3. The molecule has 0 bridgehead atoms. The molecule has 2 heterocycles. The number of thiophene rings is 1. The second kappa shape index (κ2) is 3.70. The van der Waals surface area contributed by atoms with Crippen LogP contribution in [0.4, 0.5) is 0 Å². The summed E-state index contributed by atoms with van der Waals surface area (Å²) in [4.78, 5) is 25.7. The topological polar surface area (TPSA) is 70.2 Å². The fourth-order valence-corrected chi connectivity index (χ4v) is 3.56. The third kappa shape index (κ3) is 1.50. The SMILES string of the molecule is O=C(O)c1csc2c3c(c(=O)[nH]c12)CCCC3. The van der Waals surface area contributed by atoms with Gasteiger partial charge in [-0.05, 0) is 31.2 Å². The predicted octanol–water partition coefficient (Wildman–Crippen LogP) is 2.17. The number of hydrogen-bond donors (Lipinski definition) is 2. The van der Waals surface area contributed by atoms with E-state index in [-0.39, 0.29) is 11.1 Å². The molecule has 0 atom stereocenters. The number of carboxylic acids is 1. The van der Waals surface area contributed by atoms with E-state index in [4.69, 9.17) is 5.11 Å². The standard InChI is InChI=1S/C12H11NO3S/c14-11-7-4-2-1-3-6(7)10-9(13-11)8(5-17-10)12(15)16/h5H,1-4H2,(H,13,14)(H,15,16). The van der Waals surface area contributed by atoms with Crippen molar-refractivity contribution in [2.45, 2.75) is 25.7 Å². The number of nitrogens with one attached hydrogen (secondary N) is 1. The van der Waals surface area contributed by atoms with Gasteiger partial charge in [0.15, 0.2) is 0 Å². The van der Waals surface area contributed by atoms with Crippen LogP contribution in [0.15, 0.2) is 10.2 Å². The summed E-state index contributed by atoms with van der Waals surface area (Å²) in [5, 5.41) is 10.7. The van der Waals surface area contributed by atoms with Crippen molar-refractivity contribution in [1.29, 1.82) is 0 Å². The van der Waals surface area contributed by atoms with E-state index in [2.05, 4.69) is 4.98 Å². The van der Waals surface area contributed by atoms with E-state index in [1.807, 2.05) is 0 Å². The molecule has 0 aliphatic heterocycles. The van der Waals surface area contributed by atoms with Gasteiger partial charge >= 0.3 is 5.97 Å². The largest absolute Gasteiger partial charge is 0.478 e. The van der Waals surface area contributed by atoms with Crippen molar-refractivity contribution in [2.24, 2.45) is 0 Å². The maximum Gasteiger partial charge on any atom is 0.338 e. The van der Waals surface area contributed by atoms with Crippen molar-refractivity contribution in [3.05, 3.63) is 32.4 Å². The minimum Gasteiger partial charge on any atom is -0.478 e. The van der Waals surface area contributed by atoms with Crippen molar-refractivity contribution in [3.63, 3.8) is 0 Å². The first-order chi connectivity index (χ1) is 8.18. The Balaban J connectivity index is 2.40. The van der Waals surface area contributed by atoms with Gasteiger partial charge in [0.05, 0.1) is 15.8 Å². The number of aromatic nitrogens is 1. The molecule has 5 heteroatoms. The molecule has 88 valence electrons. The molecule has 0 fully saturated rings. The number of fused-ring (bicyclic) bond motifs is 3. The van der Waals surface area contributed by atoms with Gasteiger partial charge in [-0.15, -0.1) is 11.3 Å². The third-order valence-electron chi connectivity index (χ3n) is 3.28. The first kappa shape index (κ1) is 10.5. The van der Waals surface area contributed by atoms with Crippen LogP contribution in [-0.2, 0) is 12.8 Å². The number of aromatic amines is 1. The first-order valence-corrected chi connectivity index (χ1v) is 6.45. The van der Waals surface area contributed by atoms with Crippen LogP contribution in [0.1, 0.15) is 34.3 Å². The molecule has 0 amide bonds. The minimum absolute atomic E-state index is 0.117. The fraction of sp³-hybridized carbons (Fsp3) is 0.333. The Hall–Kier alpha value is -1.62. The zero-order valence-corrected chi connectivity index (χ0v) is 9.89. The summed E-state index contributed by atoms with van der Waals surface area (Å²) >= 11 is 1.41. The maximum atomic E-state index is 11.9. The summed E-state index contributed by atoms with van der Waals surface area (Å²) < 4.78 is 0.941. The lowest BCUT2D eigenvalue weighted by molar-refractivity contribution is 0.0699. The van der Waals surface area contributed by atoms with Gasteiger partial charge in [0.2, 0.25) is 0 Å². The van der Waals surface area contributed by atoms with E-state index in [1.165, 1.54) is 11.3 Å². The summed E-state index contributed by atoms with van der Waals surface area (Å²) in [6.07, 6.45) is 3.81. The molecule has 0 spiro atoms. The monoisotopic (exact) mass is 249 g/mol. The molecule has 0 radical (unpaired) electrons. The molecular weight excluding hydrogens is 238 g/mol. The highest BCUT2D eigenvalue weighted by Crippen LogP contribution is 2.31.